The summed E-state index contributed by atoms with van der Waals surface area (Å²) in [5, 5.41) is 30.9. The van der Waals surface area contributed by atoms with Crippen molar-refractivity contribution in [3.63, 3.8) is 0 Å². The van der Waals surface area contributed by atoms with E-state index in [0.717, 1.165) is 77.8 Å². The van der Waals surface area contributed by atoms with E-state index in [1.165, 1.54) is 0 Å². The van der Waals surface area contributed by atoms with E-state index in [1.807, 2.05) is 0 Å². The SMILES string of the molecule is CCCN(CCC)C(CC(CO)(CO)CO)(N(CCC)CCC)N(CCC)CCC. The smallest absolute Gasteiger partial charge is 0.131 e. The van der Waals surface area contributed by atoms with Crippen LogP contribution in [0.25, 0.3) is 0 Å². The summed E-state index contributed by atoms with van der Waals surface area (Å²) < 4.78 is 0. The molecule has 0 unspecified atom stereocenters. The number of hydrogen-bond donors (Lipinski definition) is 3. The van der Waals surface area contributed by atoms with Crippen molar-refractivity contribution < 1.29 is 15.3 Å². The van der Waals surface area contributed by atoms with Crippen LogP contribution in [0.1, 0.15) is 86.5 Å². The van der Waals surface area contributed by atoms with Crippen LogP contribution < -0.4 is 0 Å². The second kappa shape index (κ2) is 16.4. The number of aliphatic hydroxyl groups excluding tert-OH is 3. The minimum Gasteiger partial charge on any atom is -0.396 e. The second-order valence-electron chi connectivity index (χ2n) is 8.89. The number of aliphatic hydroxyl groups is 3. The fourth-order valence-electron chi connectivity index (χ4n) is 4.79. The number of rotatable bonds is 20. The molecule has 0 saturated carbocycles. The van der Waals surface area contributed by atoms with Crippen molar-refractivity contribution in [3.05, 3.63) is 0 Å². The van der Waals surface area contributed by atoms with Crippen LogP contribution in [0, 0.1) is 5.41 Å². The fraction of sp³-hybridized carbons (Fsp3) is 1.00. The Kier molecular flexibility index (Phi) is 16.3. The molecule has 182 valence electrons. The Morgan fingerprint density at radius 1 is 0.467 bits per heavy atom. The minimum atomic E-state index is -0.917. The van der Waals surface area contributed by atoms with Crippen molar-refractivity contribution in [2.24, 2.45) is 5.41 Å². The van der Waals surface area contributed by atoms with Gasteiger partial charge in [-0.05, 0) is 38.5 Å². The maximum Gasteiger partial charge on any atom is 0.131 e. The highest BCUT2D eigenvalue weighted by Gasteiger charge is 2.50. The van der Waals surface area contributed by atoms with Gasteiger partial charge in [-0.25, -0.2) is 0 Å². The molecule has 0 heterocycles. The van der Waals surface area contributed by atoms with Crippen LogP contribution >= 0.6 is 0 Å². The van der Waals surface area contributed by atoms with Crippen LogP contribution in [-0.4, -0.2) is 94.9 Å². The highest BCUT2D eigenvalue weighted by Crippen LogP contribution is 2.39. The van der Waals surface area contributed by atoms with Gasteiger partial charge < -0.3 is 15.3 Å². The minimum absolute atomic E-state index is 0.216. The summed E-state index contributed by atoms with van der Waals surface area (Å²) >= 11 is 0. The lowest BCUT2D eigenvalue weighted by molar-refractivity contribution is -0.205. The Labute approximate surface area is 187 Å². The van der Waals surface area contributed by atoms with Gasteiger partial charge in [0.15, 0.2) is 0 Å². The van der Waals surface area contributed by atoms with Crippen molar-refractivity contribution >= 4 is 0 Å². The van der Waals surface area contributed by atoms with E-state index in [1.54, 1.807) is 0 Å². The Morgan fingerprint density at radius 3 is 0.867 bits per heavy atom. The monoisotopic (exact) mass is 431 g/mol. The normalized spacial score (nSPS) is 13.2. The van der Waals surface area contributed by atoms with Crippen molar-refractivity contribution in [2.75, 3.05) is 59.1 Å². The lowest BCUT2D eigenvalue weighted by atomic mass is 9.81. The maximum absolute atomic E-state index is 10.3. The molecule has 0 aliphatic heterocycles. The molecule has 6 nitrogen and oxygen atoms in total. The van der Waals surface area contributed by atoms with Crippen LogP contribution in [-0.2, 0) is 0 Å². The zero-order valence-electron chi connectivity index (χ0n) is 21.0. The fourth-order valence-corrected chi connectivity index (χ4v) is 4.79. The molecule has 0 atom stereocenters. The molecule has 3 N–H and O–H groups in total. The molecule has 0 saturated heterocycles. The van der Waals surface area contributed by atoms with Gasteiger partial charge in [0.25, 0.3) is 0 Å². The van der Waals surface area contributed by atoms with Crippen molar-refractivity contribution in [1.82, 2.24) is 14.7 Å². The van der Waals surface area contributed by atoms with Crippen LogP contribution in [0.4, 0.5) is 0 Å². The van der Waals surface area contributed by atoms with Crippen molar-refractivity contribution in [1.29, 1.82) is 0 Å². The summed E-state index contributed by atoms with van der Waals surface area (Å²) in [6.07, 6.45) is 6.81. The van der Waals surface area contributed by atoms with E-state index in [2.05, 4.69) is 56.2 Å². The average molecular weight is 432 g/mol. The van der Waals surface area contributed by atoms with Crippen LogP contribution in [0.2, 0.25) is 0 Å². The van der Waals surface area contributed by atoms with Crippen molar-refractivity contribution in [2.45, 2.75) is 92.3 Å². The molecule has 0 bridgehead atoms. The number of nitrogens with zero attached hydrogens (tertiary/aromatic N) is 3. The lowest BCUT2D eigenvalue weighted by Crippen LogP contribution is -2.72. The summed E-state index contributed by atoms with van der Waals surface area (Å²) in [6.45, 7) is 18.4. The third kappa shape index (κ3) is 7.72. The molecular formula is C24H53N3O3. The maximum atomic E-state index is 10.3. The quantitative estimate of drug-likeness (QED) is 0.257. The van der Waals surface area contributed by atoms with Gasteiger partial charge in [0.1, 0.15) is 5.79 Å². The summed E-state index contributed by atoms with van der Waals surface area (Å²) in [5.74, 6) is -0.432. The molecule has 6 heteroatoms. The standard InChI is InChI=1S/C24H53N3O3/c1-7-13-25(14-8-2)24(26(15-9-3)16-10-4,27(17-11-5)18-12-6)19-23(20-28,21-29)22-30/h28-30H,7-22H2,1-6H3. The highest BCUT2D eigenvalue weighted by atomic mass is 16.3. The van der Waals surface area contributed by atoms with Gasteiger partial charge in [-0.2, -0.15) is 0 Å². The lowest BCUT2D eigenvalue weighted by Gasteiger charge is -2.59. The Bertz CT molecular complexity index is 338. The van der Waals surface area contributed by atoms with Gasteiger partial charge in [-0.1, -0.05) is 41.5 Å². The van der Waals surface area contributed by atoms with Crippen LogP contribution in [0.15, 0.2) is 0 Å². The first kappa shape index (κ1) is 29.8. The number of hydrogen-bond acceptors (Lipinski definition) is 6. The molecular weight excluding hydrogens is 378 g/mol. The third-order valence-electron chi connectivity index (χ3n) is 6.10. The highest BCUT2D eigenvalue weighted by molar-refractivity contribution is 4.97. The zero-order valence-corrected chi connectivity index (χ0v) is 21.0. The average Bonchev–Trinajstić information content (AvgIpc) is 2.75. The molecule has 0 aliphatic carbocycles. The van der Waals surface area contributed by atoms with E-state index in [0.29, 0.717) is 6.42 Å². The molecule has 0 aromatic carbocycles. The predicted molar refractivity (Wildman–Crippen MR) is 128 cm³/mol. The van der Waals surface area contributed by atoms with Gasteiger partial charge in [0, 0.05) is 51.1 Å². The van der Waals surface area contributed by atoms with Crippen LogP contribution in [0.5, 0.6) is 0 Å². The summed E-state index contributed by atoms with van der Waals surface area (Å²) in [6, 6.07) is 0. The summed E-state index contributed by atoms with van der Waals surface area (Å²) in [7, 11) is 0. The van der Waals surface area contributed by atoms with Gasteiger partial charge in [-0.15, -0.1) is 0 Å². The van der Waals surface area contributed by atoms with E-state index >= 15 is 0 Å². The Balaban J connectivity index is 6.87. The molecule has 0 fully saturated rings. The van der Waals surface area contributed by atoms with Crippen LogP contribution in [0.3, 0.4) is 0 Å². The Hall–Kier alpha value is -0.240. The van der Waals surface area contributed by atoms with Gasteiger partial charge in [0.2, 0.25) is 0 Å². The van der Waals surface area contributed by atoms with Gasteiger partial charge in [-0.3, -0.25) is 14.7 Å². The molecule has 0 aromatic rings. The first-order chi connectivity index (χ1) is 14.4. The zero-order chi connectivity index (χ0) is 23.0. The molecule has 0 radical (unpaired) electrons. The predicted octanol–water partition coefficient (Wildman–Crippen LogP) is 3.36. The molecule has 0 rings (SSSR count). The summed E-state index contributed by atoms with van der Waals surface area (Å²) in [4.78, 5) is 7.75. The van der Waals surface area contributed by atoms with E-state index in [9.17, 15) is 15.3 Å². The largest absolute Gasteiger partial charge is 0.396 e. The molecule has 0 aliphatic rings. The third-order valence-corrected chi connectivity index (χ3v) is 6.10. The summed E-state index contributed by atoms with van der Waals surface area (Å²) in [5.41, 5.74) is -0.917. The first-order valence-electron chi connectivity index (χ1n) is 12.5. The molecule has 30 heavy (non-hydrogen) atoms. The molecule has 0 aromatic heterocycles. The van der Waals surface area contributed by atoms with Gasteiger partial charge in [0.05, 0.1) is 19.8 Å². The first-order valence-corrected chi connectivity index (χ1v) is 12.5. The topological polar surface area (TPSA) is 70.4 Å². The molecule has 0 amide bonds. The van der Waals surface area contributed by atoms with Crippen molar-refractivity contribution in [3.8, 4) is 0 Å². The van der Waals surface area contributed by atoms with Gasteiger partial charge >= 0.3 is 0 Å². The van der Waals surface area contributed by atoms with E-state index < -0.39 is 11.2 Å². The van der Waals surface area contributed by atoms with E-state index in [4.69, 9.17) is 0 Å². The second-order valence-corrected chi connectivity index (χ2v) is 8.89. The Morgan fingerprint density at radius 2 is 0.700 bits per heavy atom. The molecule has 0 spiro atoms. The van der Waals surface area contributed by atoms with E-state index in [-0.39, 0.29) is 19.8 Å².